The van der Waals surface area contributed by atoms with Gasteiger partial charge in [0.05, 0.1) is 19.8 Å². The van der Waals surface area contributed by atoms with Crippen molar-refractivity contribution in [1.82, 2.24) is 0 Å². The van der Waals surface area contributed by atoms with E-state index in [-0.39, 0.29) is 0 Å². The van der Waals surface area contributed by atoms with Gasteiger partial charge in [-0.15, -0.1) is 0 Å². The molecule has 0 radical (unpaired) electrons. The summed E-state index contributed by atoms with van der Waals surface area (Å²) in [6.45, 7) is 1.83. The molecule has 3 heteroatoms. The molecule has 1 N–H and O–H groups in total. The van der Waals surface area contributed by atoms with E-state index in [0.717, 1.165) is 12.1 Å². The molecule has 1 heterocycles. The number of hydrogen-bond acceptors (Lipinski definition) is 3. The number of ether oxygens (including phenoxy) is 2. The summed E-state index contributed by atoms with van der Waals surface area (Å²) in [5.74, 6) is 0. The van der Waals surface area contributed by atoms with Gasteiger partial charge in [-0.25, -0.2) is 0 Å². The third-order valence-corrected chi connectivity index (χ3v) is 3.42. The molecule has 3 nitrogen and oxygen atoms in total. The Hall–Kier alpha value is -1.84. The average molecular weight is 269 g/mol. The smallest absolute Gasteiger partial charge is 0.166 e. The zero-order chi connectivity index (χ0) is 13.7. The molecular weight excluding hydrogens is 250 g/mol. The highest BCUT2D eigenvalue weighted by Gasteiger charge is 2.34. The van der Waals surface area contributed by atoms with Gasteiger partial charge in [0.2, 0.25) is 0 Å². The van der Waals surface area contributed by atoms with Crippen LogP contribution < -0.4 is 5.32 Å². The number of hydrogen-bond donors (Lipinski definition) is 1. The normalized spacial score (nSPS) is 22.4. The minimum Gasteiger partial charge on any atom is -0.374 e. The van der Waals surface area contributed by atoms with Crippen LogP contribution in [0.15, 0.2) is 60.7 Å². The summed E-state index contributed by atoms with van der Waals surface area (Å²) < 4.78 is 11.7. The highest BCUT2D eigenvalue weighted by molar-refractivity contribution is 5.45. The summed E-state index contributed by atoms with van der Waals surface area (Å²) in [6, 6.07) is 20.5. The van der Waals surface area contributed by atoms with Crippen LogP contribution in [-0.2, 0) is 15.9 Å². The Labute approximate surface area is 119 Å². The number of anilines is 1. The fourth-order valence-electron chi connectivity index (χ4n) is 2.50. The van der Waals surface area contributed by atoms with E-state index in [9.17, 15) is 0 Å². The van der Waals surface area contributed by atoms with Crippen LogP contribution in [0.4, 0.5) is 5.69 Å². The van der Waals surface area contributed by atoms with E-state index in [4.69, 9.17) is 9.47 Å². The van der Waals surface area contributed by atoms with E-state index < -0.39 is 5.72 Å². The molecule has 0 amide bonds. The van der Waals surface area contributed by atoms with Crippen molar-refractivity contribution in [3.8, 4) is 0 Å². The zero-order valence-corrected chi connectivity index (χ0v) is 11.4. The Morgan fingerprint density at radius 2 is 1.60 bits per heavy atom. The van der Waals surface area contributed by atoms with Gasteiger partial charge in [0.25, 0.3) is 0 Å². The molecule has 3 rings (SSSR count). The lowest BCUT2D eigenvalue weighted by Gasteiger charge is -2.38. The Kier molecular flexibility index (Phi) is 4.00. The van der Waals surface area contributed by atoms with Crippen molar-refractivity contribution in [2.45, 2.75) is 12.1 Å². The molecule has 0 aromatic heterocycles. The quantitative estimate of drug-likeness (QED) is 0.925. The van der Waals surface area contributed by atoms with Crippen LogP contribution in [0.2, 0.25) is 0 Å². The lowest BCUT2D eigenvalue weighted by atomic mass is 10.0. The molecule has 1 aliphatic heterocycles. The Balaban J connectivity index is 1.81. The fourth-order valence-corrected chi connectivity index (χ4v) is 2.50. The maximum absolute atomic E-state index is 6.04. The first-order valence-electron chi connectivity index (χ1n) is 6.95. The minimum atomic E-state index is -0.485. The van der Waals surface area contributed by atoms with Crippen LogP contribution in [0, 0.1) is 0 Å². The predicted octanol–water partition coefficient (Wildman–Crippen LogP) is 3.08. The van der Waals surface area contributed by atoms with Crippen LogP contribution in [-0.4, -0.2) is 25.5 Å². The van der Waals surface area contributed by atoms with Gasteiger partial charge < -0.3 is 14.8 Å². The first-order valence-corrected chi connectivity index (χ1v) is 6.95. The maximum atomic E-state index is 6.04. The molecule has 0 bridgehead atoms. The predicted molar refractivity (Wildman–Crippen MR) is 79.7 cm³/mol. The number of para-hydroxylation sites is 1. The minimum absolute atomic E-state index is 0.485. The molecule has 1 fully saturated rings. The van der Waals surface area contributed by atoms with Crippen molar-refractivity contribution < 1.29 is 9.47 Å². The number of rotatable bonds is 4. The Bertz CT molecular complexity index is 478. The molecule has 1 unspecified atom stereocenters. The highest BCUT2D eigenvalue weighted by atomic mass is 16.6. The van der Waals surface area contributed by atoms with Crippen molar-refractivity contribution in [3.63, 3.8) is 0 Å². The molecule has 20 heavy (non-hydrogen) atoms. The van der Waals surface area contributed by atoms with Crippen molar-refractivity contribution in [3.05, 3.63) is 66.2 Å². The highest BCUT2D eigenvalue weighted by Crippen LogP contribution is 2.24. The van der Waals surface area contributed by atoms with Crippen molar-refractivity contribution in [1.29, 1.82) is 0 Å². The molecule has 0 aliphatic carbocycles. The Morgan fingerprint density at radius 3 is 2.25 bits per heavy atom. The number of nitrogens with one attached hydrogen (secondary N) is 1. The number of benzene rings is 2. The summed E-state index contributed by atoms with van der Waals surface area (Å²) >= 11 is 0. The largest absolute Gasteiger partial charge is 0.374 e. The SMILES string of the molecule is c1ccc(CC2(Nc3ccccc3)COCCO2)cc1. The summed E-state index contributed by atoms with van der Waals surface area (Å²) in [5, 5.41) is 3.50. The summed E-state index contributed by atoms with van der Waals surface area (Å²) in [6.07, 6.45) is 0.780. The molecule has 0 saturated carbocycles. The van der Waals surface area contributed by atoms with E-state index >= 15 is 0 Å². The molecule has 2 aromatic rings. The second kappa shape index (κ2) is 6.07. The van der Waals surface area contributed by atoms with Gasteiger partial charge in [0.15, 0.2) is 5.72 Å². The molecule has 1 aliphatic rings. The molecular formula is C17H19NO2. The second-order valence-corrected chi connectivity index (χ2v) is 5.05. The summed E-state index contributed by atoms with van der Waals surface area (Å²) in [7, 11) is 0. The molecule has 0 spiro atoms. The summed E-state index contributed by atoms with van der Waals surface area (Å²) in [5.41, 5.74) is 1.80. The summed E-state index contributed by atoms with van der Waals surface area (Å²) in [4.78, 5) is 0. The second-order valence-electron chi connectivity index (χ2n) is 5.05. The van der Waals surface area contributed by atoms with Crippen molar-refractivity contribution >= 4 is 5.69 Å². The van der Waals surface area contributed by atoms with Gasteiger partial charge in [-0.3, -0.25) is 0 Å². The van der Waals surface area contributed by atoms with E-state index in [1.165, 1.54) is 5.56 Å². The van der Waals surface area contributed by atoms with Crippen molar-refractivity contribution in [2.75, 3.05) is 25.1 Å². The molecule has 104 valence electrons. The third kappa shape index (κ3) is 3.18. The zero-order valence-electron chi connectivity index (χ0n) is 11.4. The van der Waals surface area contributed by atoms with Gasteiger partial charge in [-0.1, -0.05) is 48.5 Å². The van der Waals surface area contributed by atoms with Crippen LogP contribution in [0.5, 0.6) is 0 Å². The molecule has 2 aromatic carbocycles. The van der Waals surface area contributed by atoms with Gasteiger partial charge in [-0.05, 0) is 17.7 Å². The van der Waals surface area contributed by atoms with Gasteiger partial charge in [-0.2, -0.15) is 0 Å². The van der Waals surface area contributed by atoms with Crippen LogP contribution in [0.1, 0.15) is 5.56 Å². The fraction of sp³-hybridized carbons (Fsp3) is 0.294. The lowest BCUT2D eigenvalue weighted by Crippen LogP contribution is -2.51. The van der Waals surface area contributed by atoms with Crippen molar-refractivity contribution in [2.24, 2.45) is 0 Å². The van der Waals surface area contributed by atoms with Crippen LogP contribution in [0.25, 0.3) is 0 Å². The van der Waals surface area contributed by atoms with E-state index in [1.807, 2.05) is 36.4 Å². The topological polar surface area (TPSA) is 30.5 Å². The third-order valence-electron chi connectivity index (χ3n) is 3.42. The molecule has 1 atom stereocenters. The lowest BCUT2D eigenvalue weighted by molar-refractivity contribution is -0.141. The monoisotopic (exact) mass is 269 g/mol. The average Bonchev–Trinajstić information content (AvgIpc) is 2.50. The molecule has 1 saturated heterocycles. The van der Waals surface area contributed by atoms with E-state index in [0.29, 0.717) is 19.8 Å². The standard InChI is InChI=1S/C17H19NO2/c1-3-7-15(8-4-1)13-17(14-19-11-12-20-17)18-16-9-5-2-6-10-16/h1-10,18H,11-14H2. The maximum Gasteiger partial charge on any atom is 0.166 e. The first-order chi connectivity index (χ1) is 9.86. The van der Waals surface area contributed by atoms with Gasteiger partial charge >= 0.3 is 0 Å². The Morgan fingerprint density at radius 1 is 0.900 bits per heavy atom. The van der Waals surface area contributed by atoms with E-state index in [2.05, 4.69) is 29.6 Å². The van der Waals surface area contributed by atoms with Gasteiger partial charge in [0.1, 0.15) is 0 Å². The van der Waals surface area contributed by atoms with E-state index in [1.54, 1.807) is 0 Å². The first kappa shape index (κ1) is 13.2. The van der Waals surface area contributed by atoms with Crippen LogP contribution >= 0.6 is 0 Å². The van der Waals surface area contributed by atoms with Crippen LogP contribution in [0.3, 0.4) is 0 Å². The van der Waals surface area contributed by atoms with Gasteiger partial charge in [0, 0.05) is 12.1 Å².